The normalized spacial score (nSPS) is 11.0. The van der Waals surface area contributed by atoms with Gasteiger partial charge in [-0.2, -0.15) is 0 Å². The number of carbonyl (C=O) groups is 1. The molecule has 0 bridgehead atoms. The SMILES string of the molecule is CON=C(C(N)=O)c1ccccn1. The van der Waals surface area contributed by atoms with E-state index < -0.39 is 5.91 Å². The molecule has 1 amide bonds. The number of nitrogens with two attached hydrogens (primary N) is 1. The van der Waals surface area contributed by atoms with Crippen molar-refractivity contribution in [3.63, 3.8) is 0 Å². The maximum atomic E-state index is 10.9. The first-order chi connectivity index (χ1) is 6.25. The zero-order valence-corrected chi connectivity index (χ0v) is 7.10. The van der Waals surface area contributed by atoms with Crippen molar-refractivity contribution in [1.82, 2.24) is 4.98 Å². The minimum absolute atomic E-state index is 0.0168. The highest BCUT2D eigenvalue weighted by atomic mass is 16.6. The van der Waals surface area contributed by atoms with Crippen LogP contribution in [0, 0.1) is 0 Å². The Morgan fingerprint density at radius 1 is 1.62 bits per heavy atom. The Balaban J connectivity index is 3.03. The van der Waals surface area contributed by atoms with Crippen LogP contribution in [0.25, 0.3) is 0 Å². The fraction of sp³-hybridized carbons (Fsp3) is 0.125. The number of nitrogens with zero attached hydrogens (tertiary/aromatic N) is 2. The van der Waals surface area contributed by atoms with Crippen molar-refractivity contribution in [3.05, 3.63) is 30.1 Å². The summed E-state index contributed by atoms with van der Waals surface area (Å²) in [6.07, 6.45) is 1.55. The van der Waals surface area contributed by atoms with Crippen molar-refractivity contribution in [2.75, 3.05) is 7.11 Å². The van der Waals surface area contributed by atoms with Crippen LogP contribution in [0.5, 0.6) is 0 Å². The molecule has 0 saturated carbocycles. The molecule has 0 spiro atoms. The number of pyridine rings is 1. The van der Waals surface area contributed by atoms with Crippen molar-refractivity contribution in [2.24, 2.45) is 10.9 Å². The standard InChI is InChI=1S/C8H9N3O2/c1-13-11-7(8(9)12)6-4-2-3-5-10-6/h2-5H,1H3,(H2,9,12). The van der Waals surface area contributed by atoms with Crippen molar-refractivity contribution < 1.29 is 9.63 Å². The molecule has 5 heteroatoms. The van der Waals surface area contributed by atoms with Crippen LogP contribution in [-0.4, -0.2) is 23.7 Å². The highest BCUT2D eigenvalue weighted by Gasteiger charge is 2.11. The molecule has 0 aromatic carbocycles. The van der Waals surface area contributed by atoms with Gasteiger partial charge in [-0.25, -0.2) is 0 Å². The lowest BCUT2D eigenvalue weighted by Gasteiger charge is -1.98. The van der Waals surface area contributed by atoms with Crippen LogP contribution < -0.4 is 5.73 Å². The van der Waals surface area contributed by atoms with Gasteiger partial charge in [-0.05, 0) is 12.1 Å². The fourth-order valence-electron chi connectivity index (χ4n) is 0.812. The molecule has 0 aliphatic heterocycles. The van der Waals surface area contributed by atoms with E-state index in [1.165, 1.54) is 7.11 Å². The van der Waals surface area contributed by atoms with E-state index in [0.717, 1.165) is 0 Å². The van der Waals surface area contributed by atoms with E-state index in [-0.39, 0.29) is 5.71 Å². The van der Waals surface area contributed by atoms with E-state index in [1.54, 1.807) is 24.4 Å². The van der Waals surface area contributed by atoms with Crippen LogP contribution in [0.2, 0.25) is 0 Å². The van der Waals surface area contributed by atoms with E-state index in [4.69, 9.17) is 5.73 Å². The zero-order chi connectivity index (χ0) is 9.68. The van der Waals surface area contributed by atoms with E-state index in [9.17, 15) is 4.79 Å². The highest BCUT2D eigenvalue weighted by molar-refractivity contribution is 6.44. The molecule has 2 N–H and O–H groups in total. The molecule has 0 aliphatic carbocycles. The van der Waals surface area contributed by atoms with Gasteiger partial charge >= 0.3 is 0 Å². The van der Waals surface area contributed by atoms with Crippen LogP contribution >= 0.6 is 0 Å². The predicted octanol–water partition coefficient (Wildman–Crippen LogP) is -0.0826. The molecule has 13 heavy (non-hydrogen) atoms. The third-order valence-corrected chi connectivity index (χ3v) is 1.32. The molecule has 0 radical (unpaired) electrons. The molecule has 1 aromatic rings. The minimum atomic E-state index is -0.666. The van der Waals surface area contributed by atoms with Gasteiger partial charge in [0.25, 0.3) is 5.91 Å². The summed E-state index contributed by atoms with van der Waals surface area (Å²) in [6.45, 7) is 0. The third kappa shape index (κ3) is 2.26. The van der Waals surface area contributed by atoms with Crippen molar-refractivity contribution in [1.29, 1.82) is 0 Å². The second kappa shape index (κ2) is 4.20. The molecule has 0 fully saturated rings. The average molecular weight is 179 g/mol. The average Bonchev–Trinajstić information content (AvgIpc) is 2.15. The van der Waals surface area contributed by atoms with Crippen molar-refractivity contribution in [2.45, 2.75) is 0 Å². The van der Waals surface area contributed by atoms with E-state index in [2.05, 4.69) is 15.0 Å². The maximum absolute atomic E-state index is 10.9. The topological polar surface area (TPSA) is 77.6 Å². The van der Waals surface area contributed by atoms with E-state index in [1.807, 2.05) is 0 Å². The van der Waals surface area contributed by atoms with Crippen LogP contribution in [0.1, 0.15) is 5.69 Å². The Bertz CT molecular complexity index is 321. The lowest BCUT2D eigenvalue weighted by molar-refractivity contribution is -0.112. The number of carbonyl (C=O) groups excluding carboxylic acids is 1. The summed E-state index contributed by atoms with van der Waals surface area (Å²) in [4.78, 5) is 19.2. The molecule has 5 nitrogen and oxygen atoms in total. The van der Waals surface area contributed by atoms with Gasteiger partial charge in [0.05, 0.1) is 5.69 Å². The van der Waals surface area contributed by atoms with Gasteiger partial charge in [-0.15, -0.1) is 0 Å². The molecule has 0 unspecified atom stereocenters. The molecule has 68 valence electrons. The van der Waals surface area contributed by atoms with Crippen LogP contribution in [-0.2, 0) is 9.63 Å². The molecule has 1 aromatic heterocycles. The first-order valence-electron chi connectivity index (χ1n) is 3.58. The summed E-state index contributed by atoms with van der Waals surface area (Å²) in [5.74, 6) is -0.666. The van der Waals surface area contributed by atoms with Crippen LogP contribution in [0.3, 0.4) is 0 Å². The second-order valence-electron chi connectivity index (χ2n) is 2.20. The molecule has 1 heterocycles. The maximum Gasteiger partial charge on any atom is 0.273 e. The van der Waals surface area contributed by atoms with Gasteiger partial charge in [0, 0.05) is 6.20 Å². The summed E-state index contributed by atoms with van der Waals surface area (Å²) in [5.41, 5.74) is 5.48. The molecule has 1 rings (SSSR count). The van der Waals surface area contributed by atoms with Gasteiger partial charge in [-0.3, -0.25) is 9.78 Å². The number of rotatable bonds is 3. The molecular formula is C8H9N3O2. The van der Waals surface area contributed by atoms with Gasteiger partial charge in [0.2, 0.25) is 0 Å². The Morgan fingerprint density at radius 2 is 2.38 bits per heavy atom. The Hall–Kier alpha value is -1.91. The summed E-state index contributed by atoms with van der Waals surface area (Å²) >= 11 is 0. The summed E-state index contributed by atoms with van der Waals surface area (Å²) in [5, 5.41) is 3.47. The number of hydrogen-bond donors (Lipinski definition) is 1. The summed E-state index contributed by atoms with van der Waals surface area (Å²) in [6, 6.07) is 5.09. The number of oxime groups is 1. The molecule has 0 aliphatic rings. The van der Waals surface area contributed by atoms with Crippen molar-refractivity contribution >= 4 is 11.6 Å². The monoisotopic (exact) mass is 179 g/mol. The quantitative estimate of drug-likeness (QED) is 0.520. The lowest BCUT2D eigenvalue weighted by atomic mass is 10.2. The van der Waals surface area contributed by atoms with Crippen LogP contribution in [0.15, 0.2) is 29.6 Å². The van der Waals surface area contributed by atoms with Crippen molar-refractivity contribution in [3.8, 4) is 0 Å². The van der Waals surface area contributed by atoms with Gasteiger partial charge < -0.3 is 10.6 Å². The summed E-state index contributed by atoms with van der Waals surface area (Å²) < 4.78 is 0. The first kappa shape index (κ1) is 9.18. The smallest absolute Gasteiger partial charge is 0.273 e. The minimum Gasteiger partial charge on any atom is -0.398 e. The van der Waals surface area contributed by atoms with E-state index >= 15 is 0 Å². The first-order valence-corrected chi connectivity index (χ1v) is 3.58. The highest BCUT2D eigenvalue weighted by Crippen LogP contribution is 1.96. The predicted molar refractivity (Wildman–Crippen MR) is 47.0 cm³/mol. The lowest BCUT2D eigenvalue weighted by Crippen LogP contribution is -2.25. The van der Waals surface area contributed by atoms with Gasteiger partial charge in [0.1, 0.15) is 7.11 Å². The summed E-state index contributed by atoms with van der Waals surface area (Å²) in [7, 11) is 1.34. The Labute approximate surface area is 75.2 Å². The number of aromatic nitrogens is 1. The fourth-order valence-corrected chi connectivity index (χ4v) is 0.812. The molecular weight excluding hydrogens is 170 g/mol. The zero-order valence-electron chi connectivity index (χ0n) is 7.10. The second-order valence-corrected chi connectivity index (χ2v) is 2.20. The molecule has 0 atom stereocenters. The van der Waals surface area contributed by atoms with Gasteiger partial charge in [-0.1, -0.05) is 11.2 Å². The van der Waals surface area contributed by atoms with Crippen LogP contribution in [0.4, 0.5) is 0 Å². The number of hydrogen-bond acceptors (Lipinski definition) is 4. The van der Waals surface area contributed by atoms with E-state index in [0.29, 0.717) is 5.69 Å². The number of primary amides is 1. The number of amides is 1. The largest absolute Gasteiger partial charge is 0.398 e. The Morgan fingerprint density at radius 3 is 2.85 bits per heavy atom. The van der Waals surface area contributed by atoms with Gasteiger partial charge in [0.15, 0.2) is 5.71 Å². The third-order valence-electron chi connectivity index (χ3n) is 1.32. The molecule has 0 saturated heterocycles. The Kier molecular flexibility index (Phi) is 2.97.